The van der Waals surface area contributed by atoms with Crippen molar-refractivity contribution in [2.24, 2.45) is 0 Å². The van der Waals surface area contributed by atoms with Gasteiger partial charge in [-0.25, -0.2) is 9.78 Å². The first-order valence-electron chi connectivity index (χ1n) is 10.9. The van der Waals surface area contributed by atoms with Gasteiger partial charge in [-0.1, -0.05) is 64.9 Å². The second-order valence-corrected chi connectivity index (χ2v) is 9.70. The minimum atomic E-state index is -0.964. The van der Waals surface area contributed by atoms with Gasteiger partial charge in [-0.2, -0.15) is 0 Å². The van der Waals surface area contributed by atoms with Gasteiger partial charge in [-0.15, -0.1) is 0 Å². The first-order valence-corrected chi connectivity index (χ1v) is 12.1. The van der Waals surface area contributed by atoms with Crippen molar-refractivity contribution in [3.8, 4) is 0 Å². The molecule has 1 aliphatic heterocycles. The molecule has 1 amide bonds. The molecular weight excluding hydrogens is 500 g/mol. The topological polar surface area (TPSA) is 96.8 Å². The van der Waals surface area contributed by atoms with E-state index >= 15 is 0 Å². The molecule has 1 aromatic heterocycles. The van der Waals surface area contributed by atoms with Gasteiger partial charge in [0.05, 0.1) is 34.5 Å². The SMILES string of the molecule is COC(=O)c1ccc(C2C(=C(O)c3ccc(C)cc3)C(=O)C(=O)N2c2nc3ccc(Cl)cc3s2)cc1. The zero-order chi connectivity index (χ0) is 25.6. The molecule has 7 nitrogen and oxygen atoms in total. The molecule has 0 spiro atoms. The maximum Gasteiger partial charge on any atom is 0.337 e. The quantitative estimate of drug-likeness (QED) is 0.162. The molecule has 4 aromatic rings. The summed E-state index contributed by atoms with van der Waals surface area (Å²) in [5.74, 6) is -2.44. The highest BCUT2D eigenvalue weighted by molar-refractivity contribution is 7.22. The second kappa shape index (κ2) is 9.22. The van der Waals surface area contributed by atoms with E-state index in [0.29, 0.717) is 32.4 Å². The van der Waals surface area contributed by atoms with Crippen LogP contribution in [0.5, 0.6) is 0 Å². The number of esters is 1. The number of anilines is 1. The van der Waals surface area contributed by atoms with E-state index in [-0.39, 0.29) is 11.3 Å². The fourth-order valence-electron chi connectivity index (χ4n) is 4.12. The predicted molar refractivity (Wildman–Crippen MR) is 138 cm³/mol. The first kappa shape index (κ1) is 23.7. The number of hydrogen-bond acceptors (Lipinski definition) is 7. The third kappa shape index (κ3) is 4.04. The molecule has 2 heterocycles. The van der Waals surface area contributed by atoms with Gasteiger partial charge in [0.1, 0.15) is 5.76 Å². The standard InChI is InChI=1S/C27H19ClN2O5S/c1-14-3-5-16(6-4-14)23(31)21-22(15-7-9-17(10-8-15)26(34)35-2)30(25(33)24(21)32)27-29-19-12-11-18(28)13-20(19)36-27/h3-13,22,31H,1-2H3. The number of benzene rings is 3. The number of aliphatic hydroxyl groups excluding tert-OH is 1. The van der Waals surface area contributed by atoms with Crippen LogP contribution in [-0.4, -0.2) is 34.9 Å². The van der Waals surface area contributed by atoms with Crippen molar-refractivity contribution < 1.29 is 24.2 Å². The Labute approximate surface area is 215 Å². The summed E-state index contributed by atoms with van der Waals surface area (Å²) in [7, 11) is 1.28. The Morgan fingerprint density at radius 3 is 2.36 bits per heavy atom. The molecule has 1 N–H and O–H groups in total. The molecule has 0 aliphatic carbocycles. The molecule has 0 bridgehead atoms. The number of carbonyl (C=O) groups is 3. The number of aryl methyl sites for hydroxylation is 1. The number of aliphatic hydroxyl groups is 1. The van der Waals surface area contributed by atoms with Crippen LogP contribution in [0.2, 0.25) is 5.02 Å². The Morgan fingerprint density at radius 1 is 1.03 bits per heavy atom. The van der Waals surface area contributed by atoms with E-state index in [1.807, 2.05) is 19.1 Å². The summed E-state index contributed by atoms with van der Waals surface area (Å²) in [6.07, 6.45) is 0. The Balaban J connectivity index is 1.70. The minimum Gasteiger partial charge on any atom is -0.507 e. The second-order valence-electron chi connectivity index (χ2n) is 8.26. The van der Waals surface area contributed by atoms with Gasteiger partial charge < -0.3 is 9.84 Å². The number of carbonyl (C=O) groups excluding carboxylic acids is 3. The largest absolute Gasteiger partial charge is 0.507 e. The van der Waals surface area contributed by atoms with Crippen LogP contribution in [0, 0.1) is 6.92 Å². The van der Waals surface area contributed by atoms with Crippen molar-refractivity contribution in [2.45, 2.75) is 13.0 Å². The van der Waals surface area contributed by atoms with Gasteiger partial charge in [0.25, 0.3) is 5.78 Å². The number of aromatic nitrogens is 1. The van der Waals surface area contributed by atoms with Gasteiger partial charge in [0.15, 0.2) is 5.13 Å². The Kier molecular flexibility index (Phi) is 6.07. The van der Waals surface area contributed by atoms with Crippen LogP contribution in [0.25, 0.3) is 16.0 Å². The summed E-state index contributed by atoms with van der Waals surface area (Å²) >= 11 is 7.34. The lowest BCUT2D eigenvalue weighted by Crippen LogP contribution is -2.29. The average Bonchev–Trinajstić information content (AvgIpc) is 3.41. The summed E-state index contributed by atoms with van der Waals surface area (Å²) in [5, 5.41) is 12.0. The molecule has 1 unspecified atom stereocenters. The van der Waals surface area contributed by atoms with Crippen molar-refractivity contribution in [3.05, 3.63) is 99.6 Å². The van der Waals surface area contributed by atoms with E-state index in [0.717, 1.165) is 10.3 Å². The summed E-state index contributed by atoms with van der Waals surface area (Å²) < 4.78 is 5.52. The predicted octanol–water partition coefficient (Wildman–Crippen LogP) is 5.67. The van der Waals surface area contributed by atoms with Crippen molar-refractivity contribution in [1.29, 1.82) is 0 Å². The van der Waals surface area contributed by atoms with Crippen LogP contribution in [0.3, 0.4) is 0 Å². The van der Waals surface area contributed by atoms with Crippen molar-refractivity contribution in [3.63, 3.8) is 0 Å². The monoisotopic (exact) mass is 518 g/mol. The number of ether oxygens (including phenoxy) is 1. The number of methoxy groups -OCH3 is 1. The van der Waals surface area contributed by atoms with E-state index in [2.05, 4.69) is 4.98 Å². The van der Waals surface area contributed by atoms with E-state index in [1.54, 1.807) is 54.6 Å². The van der Waals surface area contributed by atoms with E-state index in [1.165, 1.54) is 23.3 Å². The van der Waals surface area contributed by atoms with Gasteiger partial charge in [-0.3, -0.25) is 14.5 Å². The molecule has 1 fully saturated rings. The molecule has 1 aliphatic rings. The highest BCUT2D eigenvalue weighted by atomic mass is 35.5. The van der Waals surface area contributed by atoms with Crippen LogP contribution in [0.15, 0.2) is 72.3 Å². The number of halogens is 1. The third-order valence-corrected chi connectivity index (χ3v) is 7.21. The van der Waals surface area contributed by atoms with Crippen LogP contribution in [0.1, 0.15) is 33.1 Å². The number of rotatable bonds is 4. The fraction of sp³-hybridized carbons (Fsp3) is 0.111. The van der Waals surface area contributed by atoms with Gasteiger partial charge in [-0.05, 0) is 42.8 Å². The van der Waals surface area contributed by atoms with Crippen LogP contribution in [-0.2, 0) is 14.3 Å². The molecule has 9 heteroatoms. The number of hydrogen-bond donors (Lipinski definition) is 1. The van der Waals surface area contributed by atoms with Crippen molar-refractivity contribution >= 4 is 61.7 Å². The highest BCUT2D eigenvalue weighted by Gasteiger charge is 2.48. The average molecular weight is 519 g/mol. The molecule has 36 heavy (non-hydrogen) atoms. The smallest absolute Gasteiger partial charge is 0.337 e. The van der Waals surface area contributed by atoms with Crippen LogP contribution >= 0.6 is 22.9 Å². The van der Waals surface area contributed by atoms with Gasteiger partial charge >= 0.3 is 11.9 Å². The van der Waals surface area contributed by atoms with E-state index in [9.17, 15) is 19.5 Å². The molecule has 3 aromatic carbocycles. The number of nitrogens with zero attached hydrogens (tertiary/aromatic N) is 2. The van der Waals surface area contributed by atoms with Gasteiger partial charge in [0, 0.05) is 10.6 Å². The lowest BCUT2D eigenvalue weighted by Gasteiger charge is -2.23. The maximum absolute atomic E-state index is 13.4. The number of thiazole rings is 1. The lowest BCUT2D eigenvalue weighted by atomic mass is 9.94. The number of ketones is 1. The normalized spacial score (nSPS) is 17.1. The zero-order valence-corrected chi connectivity index (χ0v) is 20.8. The molecule has 180 valence electrons. The zero-order valence-electron chi connectivity index (χ0n) is 19.2. The van der Waals surface area contributed by atoms with Crippen molar-refractivity contribution in [2.75, 3.05) is 12.0 Å². The Hall–Kier alpha value is -4.01. The highest BCUT2D eigenvalue weighted by Crippen LogP contribution is 2.44. The molecule has 1 saturated heterocycles. The molecule has 0 radical (unpaired) electrons. The number of fused-ring (bicyclic) bond motifs is 1. The first-order chi connectivity index (χ1) is 17.3. The molecular formula is C27H19ClN2O5S. The Bertz CT molecular complexity index is 1560. The summed E-state index contributed by atoms with van der Waals surface area (Å²) in [6, 6.07) is 17.6. The Morgan fingerprint density at radius 2 is 1.69 bits per heavy atom. The number of Topliss-reactive ketones (excluding diaryl/α,β-unsaturated/α-hetero) is 1. The maximum atomic E-state index is 13.4. The van der Waals surface area contributed by atoms with Crippen LogP contribution < -0.4 is 4.90 Å². The fourth-order valence-corrected chi connectivity index (χ4v) is 5.39. The van der Waals surface area contributed by atoms with E-state index in [4.69, 9.17) is 16.3 Å². The lowest BCUT2D eigenvalue weighted by molar-refractivity contribution is -0.132. The molecule has 5 rings (SSSR count). The van der Waals surface area contributed by atoms with E-state index < -0.39 is 23.7 Å². The summed E-state index contributed by atoms with van der Waals surface area (Å²) in [4.78, 5) is 44.5. The van der Waals surface area contributed by atoms with Crippen LogP contribution in [0.4, 0.5) is 5.13 Å². The summed E-state index contributed by atoms with van der Waals surface area (Å²) in [6.45, 7) is 1.91. The number of amides is 1. The van der Waals surface area contributed by atoms with Gasteiger partial charge in [0.2, 0.25) is 0 Å². The summed E-state index contributed by atoms with van der Waals surface area (Å²) in [5.41, 5.74) is 2.78. The third-order valence-electron chi connectivity index (χ3n) is 5.96. The minimum absolute atomic E-state index is 0.0630. The molecule has 0 saturated carbocycles. The van der Waals surface area contributed by atoms with Crippen molar-refractivity contribution in [1.82, 2.24) is 4.98 Å². The molecule has 1 atom stereocenters.